The Bertz CT molecular complexity index is 1400. The van der Waals surface area contributed by atoms with Gasteiger partial charge in [-0.2, -0.15) is 0 Å². The SMILES string of the molecule is COc1cnc(N2CCN(C(=O)Cn3cc(-c4ccc(F)c(C)c4)cc3-c3ccc(F)cc3)CC2)nc1. The molecule has 5 rings (SSSR count). The number of nitrogens with zero attached hydrogens (tertiary/aromatic N) is 5. The van der Waals surface area contributed by atoms with Crippen molar-refractivity contribution in [3.05, 3.63) is 84.3 Å². The normalized spacial score (nSPS) is 13.6. The summed E-state index contributed by atoms with van der Waals surface area (Å²) in [4.78, 5) is 25.8. The van der Waals surface area contributed by atoms with E-state index in [2.05, 4.69) is 9.97 Å². The molecule has 3 heterocycles. The second-order valence-electron chi connectivity index (χ2n) is 9.00. The van der Waals surface area contributed by atoms with E-state index >= 15 is 0 Å². The number of aromatic nitrogens is 3. The maximum absolute atomic E-state index is 13.8. The quantitative estimate of drug-likeness (QED) is 0.386. The average Bonchev–Trinajstić information content (AvgIpc) is 3.34. The highest BCUT2D eigenvalue weighted by atomic mass is 19.1. The second kappa shape index (κ2) is 10.4. The van der Waals surface area contributed by atoms with E-state index in [9.17, 15) is 13.6 Å². The van der Waals surface area contributed by atoms with Crippen LogP contribution in [0.4, 0.5) is 14.7 Å². The number of ether oxygens (including phenoxy) is 1. The molecule has 0 bridgehead atoms. The number of amides is 1. The van der Waals surface area contributed by atoms with Crippen molar-refractivity contribution in [2.24, 2.45) is 0 Å². The van der Waals surface area contributed by atoms with Gasteiger partial charge in [0.15, 0.2) is 5.75 Å². The van der Waals surface area contributed by atoms with Crippen LogP contribution in [-0.2, 0) is 11.3 Å². The fourth-order valence-electron chi connectivity index (χ4n) is 4.47. The Morgan fingerprint density at radius 2 is 1.59 bits per heavy atom. The summed E-state index contributed by atoms with van der Waals surface area (Å²) in [5.41, 5.74) is 3.83. The smallest absolute Gasteiger partial charge is 0.242 e. The summed E-state index contributed by atoms with van der Waals surface area (Å²) in [5, 5.41) is 0. The summed E-state index contributed by atoms with van der Waals surface area (Å²) < 4.78 is 34.4. The summed E-state index contributed by atoms with van der Waals surface area (Å²) >= 11 is 0. The first-order valence-electron chi connectivity index (χ1n) is 12.0. The molecule has 0 N–H and O–H groups in total. The number of rotatable bonds is 6. The first-order valence-corrected chi connectivity index (χ1v) is 12.0. The third kappa shape index (κ3) is 5.30. The molecule has 2 aromatic carbocycles. The zero-order chi connectivity index (χ0) is 25.9. The van der Waals surface area contributed by atoms with Gasteiger partial charge < -0.3 is 19.1 Å². The molecule has 2 aromatic heterocycles. The van der Waals surface area contributed by atoms with Gasteiger partial charge in [0.25, 0.3) is 0 Å². The van der Waals surface area contributed by atoms with Gasteiger partial charge in [0.2, 0.25) is 11.9 Å². The molecule has 4 aromatic rings. The van der Waals surface area contributed by atoms with Gasteiger partial charge >= 0.3 is 0 Å². The van der Waals surface area contributed by atoms with Crippen molar-refractivity contribution in [3.63, 3.8) is 0 Å². The van der Waals surface area contributed by atoms with Crippen LogP contribution in [0, 0.1) is 18.6 Å². The van der Waals surface area contributed by atoms with Crippen LogP contribution in [-0.4, -0.2) is 58.6 Å². The van der Waals surface area contributed by atoms with Gasteiger partial charge in [-0.05, 0) is 66.1 Å². The fourth-order valence-corrected chi connectivity index (χ4v) is 4.47. The van der Waals surface area contributed by atoms with Crippen LogP contribution in [0.1, 0.15) is 5.56 Å². The van der Waals surface area contributed by atoms with Gasteiger partial charge in [-0.15, -0.1) is 0 Å². The van der Waals surface area contributed by atoms with Crippen LogP contribution >= 0.6 is 0 Å². The number of piperazine rings is 1. The van der Waals surface area contributed by atoms with Crippen molar-refractivity contribution in [1.82, 2.24) is 19.4 Å². The van der Waals surface area contributed by atoms with Gasteiger partial charge in [-0.3, -0.25) is 4.79 Å². The number of carbonyl (C=O) groups excluding carboxylic acids is 1. The Balaban J connectivity index is 1.34. The summed E-state index contributed by atoms with van der Waals surface area (Å²) in [6.07, 6.45) is 5.15. The Labute approximate surface area is 214 Å². The molecule has 1 aliphatic rings. The molecule has 1 aliphatic heterocycles. The summed E-state index contributed by atoms with van der Waals surface area (Å²) in [6, 6.07) is 13.1. The van der Waals surface area contributed by atoms with Gasteiger partial charge in [-0.1, -0.05) is 6.07 Å². The highest BCUT2D eigenvalue weighted by Crippen LogP contribution is 2.30. The number of methoxy groups -OCH3 is 1. The monoisotopic (exact) mass is 503 g/mol. The molecule has 37 heavy (non-hydrogen) atoms. The van der Waals surface area contributed by atoms with E-state index in [0.717, 1.165) is 22.4 Å². The summed E-state index contributed by atoms with van der Waals surface area (Å²) in [7, 11) is 1.57. The van der Waals surface area contributed by atoms with E-state index in [0.29, 0.717) is 43.4 Å². The van der Waals surface area contributed by atoms with Crippen molar-refractivity contribution in [2.45, 2.75) is 13.5 Å². The maximum Gasteiger partial charge on any atom is 0.242 e. The summed E-state index contributed by atoms with van der Waals surface area (Å²) in [6.45, 7) is 4.18. The Morgan fingerprint density at radius 1 is 0.919 bits per heavy atom. The topological polar surface area (TPSA) is 63.5 Å². The van der Waals surface area contributed by atoms with Crippen LogP contribution in [0.15, 0.2) is 67.1 Å². The molecule has 0 spiro atoms. The minimum absolute atomic E-state index is 0.0175. The zero-order valence-corrected chi connectivity index (χ0v) is 20.7. The minimum atomic E-state index is -0.328. The zero-order valence-electron chi connectivity index (χ0n) is 20.7. The van der Waals surface area contributed by atoms with E-state index in [-0.39, 0.29) is 24.1 Å². The first kappa shape index (κ1) is 24.4. The van der Waals surface area contributed by atoms with E-state index in [1.807, 2.05) is 26.6 Å². The van der Waals surface area contributed by atoms with Crippen molar-refractivity contribution in [2.75, 3.05) is 38.2 Å². The third-order valence-corrected chi connectivity index (χ3v) is 6.60. The van der Waals surface area contributed by atoms with Crippen LogP contribution in [0.25, 0.3) is 22.4 Å². The molecular formula is C28H27F2N5O2. The minimum Gasteiger partial charge on any atom is -0.494 e. The van der Waals surface area contributed by atoms with Gasteiger partial charge in [0.05, 0.1) is 19.5 Å². The second-order valence-corrected chi connectivity index (χ2v) is 9.00. The van der Waals surface area contributed by atoms with E-state index in [1.54, 1.807) is 50.7 Å². The molecule has 1 fully saturated rings. The van der Waals surface area contributed by atoms with Crippen LogP contribution < -0.4 is 9.64 Å². The molecule has 0 saturated carbocycles. The molecule has 190 valence electrons. The molecular weight excluding hydrogens is 476 g/mol. The van der Waals surface area contributed by atoms with Crippen LogP contribution in [0.5, 0.6) is 5.75 Å². The number of aryl methyl sites for hydroxylation is 1. The molecule has 1 saturated heterocycles. The number of anilines is 1. The molecule has 0 unspecified atom stereocenters. The fraction of sp³-hybridized carbons (Fsp3) is 0.250. The lowest BCUT2D eigenvalue weighted by molar-refractivity contribution is -0.132. The molecule has 7 nitrogen and oxygen atoms in total. The van der Waals surface area contributed by atoms with Gasteiger partial charge in [0, 0.05) is 43.6 Å². The lowest BCUT2D eigenvalue weighted by Gasteiger charge is -2.34. The highest BCUT2D eigenvalue weighted by Gasteiger charge is 2.24. The Hall–Kier alpha value is -4.27. The van der Waals surface area contributed by atoms with E-state index in [1.165, 1.54) is 18.2 Å². The van der Waals surface area contributed by atoms with Crippen molar-refractivity contribution in [3.8, 4) is 28.1 Å². The Kier molecular flexibility index (Phi) is 6.85. The molecule has 0 aliphatic carbocycles. The number of hydrogen-bond acceptors (Lipinski definition) is 5. The predicted octanol–water partition coefficient (Wildman–Crippen LogP) is 4.56. The molecule has 0 radical (unpaired) electrons. The van der Waals surface area contributed by atoms with Crippen molar-refractivity contribution in [1.29, 1.82) is 0 Å². The van der Waals surface area contributed by atoms with E-state index in [4.69, 9.17) is 4.74 Å². The largest absolute Gasteiger partial charge is 0.494 e. The number of benzene rings is 2. The average molecular weight is 504 g/mol. The summed E-state index contributed by atoms with van der Waals surface area (Å²) in [5.74, 6) is 0.589. The number of carbonyl (C=O) groups is 1. The Morgan fingerprint density at radius 3 is 2.24 bits per heavy atom. The lowest BCUT2D eigenvalue weighted by Crippen LogP contribution is -2.50. The van der Waals surface area contributed by atoms with Crippen molar-refractivity contribution < 1.29 is 18.3 Å². The lowest BCUT2D eigenvalue weighted by atomic mass is 10.0. The van der Waals surface area contributed by atoms with Crippen LogP contribution in [0.2, 0.25) is 0 Å². The van der Waals surface area contributed by atoms with Crippen LogP contribution in [0.3, 0.4) is 0 Å². The number of halogens is 2. The van der Waals surface area contributed by atoms with E-state index < -0.39 is 0 Å². The van der Waals surface area contributed by atoms with Gasteiger partial charge in [-0.25, -0.2) is 18.7 Å². The predicted molar refractivity (Wildman–Crippen MR) is 137 cm³/mol. The molecule has 1 amide bonds. The molecule has 9 heteroatoms. The highest BCUT2D eigenvalue weighted by molar-refractivity contribution is 5.79. The number of hydrogen-bond donors (Lipinski definition) is 0. The van der Waals surface area contributed by atoms with Gasteiger partial charge in [0.1, 0.15) is 18.2 Å². The third-order valence-electron chi connectivity index (χ3n) is 6.60. The molecule has 0 atom stereocenters. The maximum atomic E-state index is 13.8. The standard InChI is InChI=1S/C28H27F2N5O2/c1-19-13-21(5-8-25(19)30)22-14-26(20-3-6-23(29)7-4-20)35(17-22)18-27(36)33-9-11-34(12-10-33)28-31-15-24(37-2)16-32-28/h3-8,13-17H,9-12,18H2,1-2H3. The van der Waals surface area contributed by atoms with Crippen molar-refractivity contribution >= 4 is 11.9 Å². The first-order chi connectivity index (χ1) is 17.9.